The Labute approximate surface area is 135 Å². The molecule has 1 saturated heterocycles. The van der Waals surface area contributed by atoms with Crippen LogP contribution in [0.25, 0.3) is 0 Å². The lowest BCUT2D eigenvalue weighted by Gasteiger charge is -2.34. The molecule has 0 spiro atoms. The van der Waals surface area contributed by atoms with Gasteiger partial charge in [-0.15, -0.1) is 0 Å². The molecule has 0 radical (unpaired) electrons. The van der Waals surface area contributed by atoms with Crippen LogP contribution in [0.4, 0.5) is 0 Å². The maximum Gasteiger partial charge on any atom is 0.234 e. The number of nitrogens with zero attached hydrogens (tertiary/aromatic N) is 1. The normalized spacial score (nSPS) is 31.1. The smallest absolute Gasteiger partial charge is 0.234 e. The Morgan fingerprint density at radius 2 is 1.77 bits per heavy atom. The Morgan fingerprint density at radius 3 is 2.45 bits per heavy atom. The number of nitrogens with one attached hydrogen (secondary N) is 2. The van der Waals surface area contributed by atoms with Gasteiger partial charge in [-0.2, -0.15) is 0 Å². The van der Waals surface area contributed by atoms with Gasteiger partial charge < -0.3 is 10.6 Å². The summed E-state index contributed by atoms with van der Waals surface area (Å²) < 4.78 is 0. The molecule has 126 valence electrons. The fourth-order valence-electron chi connectivity index (χ4n) is 3.94. The summed E-state index contributed by atoms with van der Waals surface area (Å²) in [5, 5.41) is 6.98. The van der Waals surface area contributed by atoms with Crippen molar-refractivity contribution in [2.24, 2.45) is 11.8 Å². The second kappa shape index (κ2) is 7.78. The van der Waals surface area contributed by atoms with Crippen LogP contribution in [0.15, 0.2) is 0 Å². The quantitative estimate of drug-likeness (QED) is 0.790. The summed E-state index contributed by atoms with van der Waals surface area (Å²) in [7, 11) is 0. The Hall–Kier alpha value is -0.610. The van der Waals surface area contributed by atoms with Crippen LogP contribution < -0.4 is 10.6 Å². The number of carbonyl (C=O) groups excluding carboxylic acids is 1. The van der Waals surface area contributed by atoms with E-state index in [0.717, 1.165) is 19.0 Å². The van der Waals surface area contributed by atoms with Crippen molar-refractivity contribution in [1.29, 1.82) is 0 Å². The monoisotopic (exact) mass is 307 g/mol. The molecule has 4 heteroatoms. The number of likely N-dealkylation sites (tertiary alicyclic amines) is 1. The van der Waals surface area contributed by atoms with Gasteiger partial charge in [-0.1, -0.05) is 19.8 Å². The molecule has 3 aliphatic rings. The number of amides is 1. The van der Waals surface area contributed by atoms with E-state index in [4.69, 9.17) is 0 Å². The van der Waals surface area contributed by atoms with Crippen molar-refractivity contribution >= 4 is 5.91 Å². The lowest BCUT2D eigenvalue weighted by Crippen LogP contribution is -2.49. The van der Waals surface area contributed by atoms with E-state index in [-0.39, 0.29) is 5.91 Å². The molecule has 2 atom stereocenters. The summed E-state index contributed by atoms with van der Waals surface area (Å²) in [6.45, 7) is 6.22. The van der Waals surface area contributed by atoms with Gasteiger partial charge in [-0.05, 0) is 56.9 Å². The first kappa shape index (κ1) is 16.3. The zero-order valence-corrected chi connectivity index (χ0v) is 14.2. The fraction of sp³-hybridized carbons (Fsp3) is 0.944. The molecule has 2 aliphatic carbocycles. The Balaban J connectivity index is 1.32. The van der Waals surface area contributed by atoms with Crippen molar-refractivity contribution in [2.75, 3.05) is 26.2 Å². The molecule has 0 aromatic carbocycles. The van der Waals surface area contributed by atoms with Crippen molar-refractivity contribution in [2.45, 2.75) is 70.4 Å². The van der Waals surface area contributed by atoms with E-state index in [9.17, 15) is 4.79 Å². The highest BCUT2D eigenvalue weighted by Gasteiger charge is 2.26. The van der Waals surface area contributed by atoms with Crippen LogP contribution in [0.5, 0.6) is 0 Å². The van der Waals surface area contributed by atoms with E-state index in [2.05, 4.69) is 22.5 Å². The van der Waals surface area contributed by atoms with Crippen LogP contribution in [0.1, 0.15) is 58.3 Å². The molecule has 0 bridgehead atoms. The van der Waals surface area contributed by atoms with Gasteiger partial charge in [0.15, 0.2) is 0 Å². The fourth-order valence-corrected chi connectivity index (χ4v) is 3.94. The van der Waals surface area contributed by atoms with E-state index in [0.29, 0.717) is 24.5 Å². The minimum Gasteiger partial charge on any atom is -0.352 e. The Morgan fingerprint density at radius 1 is 1.05 bits per heavy atom. The number of hydrogen-bond donors (Lipinski definition) is 2. The molecule has 4 nitrogen and oxygen atoms in total. The van der Waals surface area contributed by atoms with E-state index in [1.807, 2.05) is 0 Å². The molecular formula is C18H33N3O. The highest BCUT2D eigenvalue weighted by atomic mass is 16.2. The summed E-state index contributed by atoms with van der Waals surface area (Å²) in [4.78, 5) is 14.6. The molecule has 2 unspecified atom stereocenters. The maximum absolute atomic E-state index is 12.3. The van der Waals surface area contributed by atoms with E-state index >= 15 is 0 Å². The summed E-state index contributed by atoms with van der Waals surface area (Å²) in [6, 6.07) is 1.09. The predicted molar refractivity (Wildman–Crippen MR) is 89.8 cm³/mol. The second-order valence-electron chi connectivity index (χ2n) is 7.84. The minimum atomic E-state index is 0.239. The zero-order chi connectivity index (χ0) is 15.4. The third-order valence-corrected chi connectivity index (χ3v) is 5.80. The third-order valence-electron chi connectivity index (χ3n) is 5.80. The largest absolute Gasteiger partial charge is 0.352 e. The highest BCUT2D eigenvalue weighted by molar-refractivity contribution is 5.78. The van der Waals surface area contributed by atoms with Gasteiger partial charge in [0.05, 0.1) is 6.54 Å². The number of rotatable bonds is 6. The lowest BCUT2D eigenvalue weighted by molar-refractivity contribution is -0.123. The predicted octanol–water partition coefficient (Wildman–Crippen LogP) is 2.15. The van der Waals surface area contributed by atoms with Crippen LogP contribution in [0.2, 0.25) is 0 Å². The Bertz CT molecular complexity index is 361. The highest BCUT2D eigenvalue weighted by Crippen LogP contribution is 2.28. The van der Waals surface area contributed by atoms with Gasteiger partial charge in [-0.25, -0.2) is 0 Å². The summed E-state index contributed by atoms with van der Waals surface area (Å²) >= 11 is 0. The molecule has 1 amide bonds. The molecule has 1 aliphatic heterocycles. The van der Waals surface area contributed by atoms with Crippen LogP contribution in [-0.2, 0) is 4.79 Å². The summed E-state index contributed by atoms with van der Waals surface area (Å²) in [5.74, 6) is 1.85. The average Bonchev–Trinajstić information content (AvgIpc) is 3.33. The molecule has 2 saturated carbocycles. The van der Waals surface area contributed by atoms with Crippen LogP contribution >= 0.6 is 0 Å². The standard InChI is InChI=1S/C18H33N3O/c1-14-4-2-3-5-17(14)20-18(22)13-21-10-8-16(9-11-21)19-12-15-6-7-15/h14-17,19H,2-13H2,1H3,(H,20,22). The van der Waals surface area contributed by atoms with Crippen molar-refractivity contribution in [3.05, 3.63) is 0 Å². The van der Waals surface area contributed by atoms with Crippen LogP contribution in [0, 0.1) is 11.8 Å². The first-order valence-electron chi connectivity index (χ1n) is 9.46. The van der Waals surface area contributed by atoms with Gasteiger partial charge in [0, 0.05) is 25.2 Å². The Kier molecular flexibility index (Phi) is 5.75. The lowest BCUT2D eigenvalue weighted by atomic mass is 9.86. The number of hydrogen-bond acceptors (Lipinski definition) is 3. The third kappa shape index (κ3) is 4.95. The minimum absolute atomic E-state index is 0.239. The molecule has 0 aromatic rings. The zero-order valence-electron chi connectivity index (χ0n) is 14.2. The average molecular weight is 307 g/mol. The van der Waals surface area contributed by atoms with Gasteiger partial charge in [0.25, 0.3) is 0 Å². The molecule has 3 fully saturated rings. The molecule has 0 aromatic heterocycles. The molecule has 3 rings (SSSR count). The molecular weight excluding hydrogens is 274 g/mol. The summed E-state index contributed by atoms with van der Waals surface area (Å²) in [6.07, 6.45) is 10.3. The van der Waals surface area contributed by atoms with Crippen molar-refractivity contribution in [3.8, 4) is 0 Å². The second-order valence-corrected chi connectivity index (χ2v) is 7.84. The topological polar surface area (TPSA) is 44.4 Å². The van der Waals surface area contributed by atoms with Gasteiger partial charge in [-0.3, -0.25) is 9.69 Å². The van der Waals surface area contributed by atoms with Crippen molar-refractivity contribution in [1.82, 2.24) is 15.5 Å². The SMILES string of the molecule is CC1CCCCC1NC(=O)CN1CCC(NCC2CC2)CC1. The van der Waals surface area contributed by atoms with Crippen molar-refractivity contribution < 1.29 is 4.79 Å². The molecule has 1 heterocycles. The molecule has 22 heavy (non-hydrogen) atoms. The first-order chi connectivity index (χ1) is 10.7. The number of carbonyl (C=O) groups is 1. The number of piperidine rings is 1. The maximum atomic E-state index is 12.3. The van der Waals surface area contributed by atoms with Gasteiger partial charge in [0.1, 0.15) is 0 Å². The van der Waals surface area contributed by atoms with Crippen molar-refractivity contribution in [3.63, 3.8) is 0 Å². The summed E-state index contributed by atoms with van der Waals surface area (Å²) in [5.41, 5.74) is 0. The van der Waals surface area contributed by atoms with E-state index < -0.39 is 0 Å². The van der Waals surface area contributed by atoms with Crippen LogP contribution in [-0.4, -0.2) is 49.1 Å². The van der Waals surface area contributed by atoms with Gasteiger partial charge >= 0.3 is 0 Å². The molecule has 2 N–H and O–H groups in total. The van der Waals surface area contributed by atoms with Gasteiger partial charge in [0.2, 0.25) is 5.91 Å². The van der Waals surface area contributed by atoms with Crippen LogP contribution in [0.3, 0.4) is 0 Å². The first-order valence-corrected chi connectivity index (χ1v) is 9.46. The van der Waals surface area contributed by atoms with E-state index in [1.54, 1.807) is 0 Å². The van der Waals surface area contributed by atoms with E-state index in [1.165, 1.54) is 57.9 Å².